The number of esters is 1. The summed E-state index contributed by atoms with van der Waals surface area (Å²) in [6.45, 7) is -0.175. The molecule has 7 nitrogen and oxygen atoms in total. The molecule has 26 heavy (non-hydrogen) atoms. The Kier molecular flexibility index (Phi) is 5.88. The Morgan fingerprint density at radius 3 is 2.38 bits per heavy atom. The zero-order valence-electron chi connectivity index (χ0n) is 14.9. The molecule has 1 aromatic carbocycles. The van der Waals surface area contributed by atoms with Crippen molar-refractivity contribution in [2.24, 2.45) is 5.92 Å². The maximum absolute atomic E-state index is 12.3. The molecule has 2 atom stereocenters. The van der Waals surface area contributed by atoms with Crippen LogP contribution in [0.15, 0.2) is 24.3 Å². The summed E-state index contributed by atoms with van der Waals surface area (Å²) >= 11 is 0. The lowest BCUT2D eigenvalue weighted by molar-refractivity contribution is -0.139. The van der Waals surface area contributed by atoms with E-state index in [9.17, 15) is 14.4 Å². The average Bonchev–Trinajstić information content (AvgIpc) is 2.98. The van der Waals surface area contributed by atoms with Crippen molar-refractivity contribution in [3.8, 4) is 0 Å². The molecule has 2 aliphatic rings. The highest BCUT2D eigenvalue weighted by molar-refractivity contribution is 5.97. The smallest absolute Gasteiger partial charge is 0.325 e. The van der Waals surface area contributed by atoms with Gasteiger partial charge in [-0.1, -0.05) is 0 Å². The van der Waals surface area contributed by atoms with Crippen molar-refractivity contribution < 1.29 is 19.1 Å². The zero-order chi connectivity index (χ0) is 18.5. The van der Waals surface area contributed by atoms with Crippen molar-refractivity contribution in [1.82, 2.24) is 10.6 Å². The lowest BCUT2D eigenvalue weighted by Crippen LogP contribution is -2.39. The molecule has 2 saturated heterocycles. The van der Waals surface area contributed by atoms with Gasteiger partial charge in [0, 0.05) is 29.8 Å². The second kappa shape index (κ2) is 8.31. The molecule has 2 fully saturated rings. The number of amides is 2. The Balaban J connectivity index is 1.47. The number of fused-ring (bicyclic) bond motifs is 2. The van der Waals surface area contributed by atoms with Gasteiger partial charge < -0.3 is 20.7 Å². The number of nitrogens with one attached hydrogen (secondary N) is 3. The van der Waals surface area contributed by atoms with Crippen molar-refractivity contribution >= 4 is 23.5 Å². The Hall–Kier alpha value is -2.41. The Morgan fingerprint density at radius 2 is 1.77 bits per heavy atom. The second-order valence-electron chi connectivity index (χ2n) is 7.06. The predicted molar refractivity (Wildman–Crippen MR) is 96.7 cm³/mol. The Bertz CT molecular complexity index is 662. The third kappa shape index (κ3) is 4.82. The molecule has 2 heterocycles. The summed E-state index contributed by atoms with van der Waals surface area (Å²) < 4.78 is 4.47. The summed E-state index contributed by atoms with van der Waals surface area (Å²) in [7, 11) is 1.26. The van der Waals surface area contributed by atoms with Crippen LogP contribution >= 0.6 is 0 Å². The van der Waals surface area contributed by atoms with Gasteiger partial charge in [0.25, 0.3) is 5.91 Å². The van der Waals surface area contributed by atoms with Gasteiger partial charge in [-0.3, -0.25) is 14.4 Å². The molecule has 2 aliphatic heterocycles. The highest BCUT2D eigenvalue weighted by Gasteiger charge is 2.34. The highest BCUT2D eigenvalue weighted by Crippen LogP contribution is 2.32. The Labute approximate surface area is 152 Å². The van der Waals surface area contributed by atoms with Gasteiger partial charge in [0.15, 0.2) is 0 Å². The molecule has 2 bridgehead atoms. The van der Waals surface area contributed by atoms with Gasteiger partial charge >= 0.3 is 5.97 Å². The topological polar surface area (TPSA) is 96.5 Å². The first-order chi connectivity index (χ1) is 12.5. The lowest BCUT2D eigenvalue weighted by Gasteiger charge is -2.28. The van der Waals surface area contributed by atoms with E-state index >= 15 is 0 Å². The van der Waals surface area contributed by atoms with Crippen molar-refractivity contribution in [2.45, 2.75) is 44.2 Å². The zero-order valence-corrected chi connectivity index (χ0v) is 14.9. The summed E-state index contributed by atoms with van der Waals surface area (Å²) in [5, 5.41) is 8.95. The largest absolute Gasteiger partial charge is 0.468 e. The predicted octanol–water partition coefficient (Wildman–Crippen LogP) is 1.45. The summed E-state index contributed by atoms with van der Waals surface area (Å²) in [6, 6.07) is 7.78. The lowest BCUT2D eigenvalue weighted by atomic mass is 9.89. The van der Waals surface area contributed by atoms with E-state index in [-0.39, 0.29) is 18.4 Å². The number of methoxy groups -OCH3 is 1. The van der Waals surface area contributed by atoms with E-state index in [2.05, 4.69) is 20.7 Å². The van der Waals surface area contributed by atoms with Crippen LogP contribution in [0.1, 0.15) is 42.5 Å². The summed E-state index contributed by atoms with van der Waals surface area (Å²) in [5.74, 6) is -0.414. The van der Waals surface area contributed by atoms with Gasteiger partial charge in [-0.05, 0) is 55.9 Å². The first kappa shape index (κ1) is 18.4. The number of carbonyl (C=O) groups is 3. The van der Waals surface area contributed by atoms with Crippen LogP contribution in [0.5, 0.6) is 0 Å². The molecular formula is C19H25N3O4. The third-order valence-electron chi connectivity index (χ3n) is 5.10. The molecule has 1 aromatic rings. The minimum absolute atomic E-state index is 0.0131. The molecule has 0 radical (unpaired) electrons. The molecule has 0 saturated carbocycles. The van der Waals surface area contributed by atoms with E-state index in [4.69, 9.17) is 0 Å². The molecule has 0 spiro atoms. The van der Waals surface area contributed by atoms with Crippen LogP contribution in [0, 0.1) is 5.92 Å². The number of hydrogen-bond acceptors (Lipinski definition) is 5. The molecule has 0 aromatic heterocycles. The number of rotatable bonds is 6. The maximum Gasteiger partial charge on any atom is 0.325 e. The molecule has 3 rings (SSSR count). The minimum atomic E-state index is -0.506. The average molecular weight is 359 g/mol. The van der Waals surface area contributed by atoms with Crippen LogP contribution in [0.3, 0.4) is 0 Å². The van der Waals surface area contributed by atoms with Crippen LogP contribution in [0.25, 0.3) is 0 Å². The third-order valence-corrected chi connectivity index (χ3v) is 5.10. The number of anilines is 1. The first-order valence-electron chi connectivity index (χ1n) is 9.04. The van der Waals surface area contributed by atoms with Gasteiger partial charge in [-0.2, -0.15) is 0 Å². The number of ether oxygens (including phenoxy) is 1. The molecule has 140 valence electrons. The molecule has 2 amide bonds. The van der Waals surface area contributed by atoms with Gasteiger partial charge in [-0.25, -0.2) is 0 Å². The minimum Gasteiger partial charge on any atom is -0.468 e. The Morgan fingerprint density at radius 1 is 1.12 bits per heavy atom. The SMILES string of the molecule is COC(=O)CNC(=O)c1ccc(NC(=O)CC2CC3CCC(C2)N3)cc1. The van der Waals surface area contributed by atoms with Crippen LogP contribution in [-0.4, -0.2) is 43.5 Å². The molecule has 2 unspecified atom stereocenters. The van der Waals surface area contributed by atoms with E-state index in [0.29, 0.717) is 35.7 Å². The standard InChI is InChI=1S/C19H25N3O4/c1-26-18(24)11-20-19(25)13-2-4-14(5-3-13)22-17(23)10-12-8-15-6-7-16(9-12)21-15/h2-5,12,15-16,21H,6-11H2,1H3,(H,20,25)(H,22,23). The number of hydrogen-bond donors (Lipinski definition) is 3. The van der Waals surface area contributed by atoms with E-state index < -0.39 is 5.97 Å². The van der Waals surface area contributed by atoms with Crippen LogP contribution in [0.2, 0.25) is 0 Å². The van der Waals surface area contributed by atoms with Crippen LogP contribution in [0.4, 0.5) is 5.69 Å². The highest BCUT2D eigenvalue weighted by atomic mass is 16.5. The van der Waals surface area contributed by atoms with Gasteiger partial charge in [-0.15, -0.1) is 0 Å². The summed E-state index contributed by atoms with van der Waals surface area (Å²) in [4.78, 5) is 35.2. The van der Waals surface area contributed by atoms with Gasteiger partial charge in [0.1, 0.15) is 6.54 Å². The fraction of sp³-hybridized carbons (Fsp3) is 0.526. The van der Waals surface area contributed by atoms with Crippen LogP contribution < -0.4 is 16.0 Å². The fourth-order valence-corrected chi connectivity index (χ4v) is 3.85. The van der Waals surface area contributed by atoms with E-state index in [1.54, 1.807) is 24.3 Å². The number of piperidine rings is 1. The second-order valence-corrected chi connectivity index (χ2v) is 7.06. The van der Waals surface area contributed by atoms with E-state index in [1.165, 1.54) is 20.0 Å². The van der Waals surface area contributed by atoms with Crippen molar-refractivity contribution in [3.05, 3.63) is 29.8 Å². The fourth-order valence-electron chi connectivity index (χ4n) is 3.85. The number of benzene rings is 1. The molecule has 7 heteroatoms. The normalized spacial score (nSPS) is 24.0. The quantitative estimate of drug-likeness (QED) is 0.668. The van der Waals surface area contributed by atoms with E-state index in [1.807, 2.05) is 0 Å². The molecular weight excluding hydrogens is 334 g/mol. The van der Waals surface area contributed by atoms with Gasteiger partial charge in [0.05, 0.1) is 7.11 Å². The maximum atomic E-state index is 12.3. The molecule has 3 N–H and O–H groups in total. The monoisotopic (exact) mass is 359 g/mol. The van der Waals surface area contributed by atoms with Crippen molar-refractivity contribution in [1.29, 1.82) is 0 Å². The van der Waals surface area contributed by atoms with Crippen molar-refractivity contribution in [2.75, 3.05) is 19.0 Å². The summed E-state index contributed by atoms with van der Waals surface area (Å²) in [5.41, 5.74) is 1.08. The summed E-state index contributed by atoms with van der Waals surface area (Å²) in [6.07, 6.45) is 5.13. The van der Waals surface area contributed by atoms with Crippen molar-refractivity contribution in [3.63, 3.8) is 0 Å². The van der Waals surface area contributed by atoms with Crippen LogP contribution in [-0.2, 0) is 14.3 Å². The van der Waals surface area contributed by atoms with E-state index in [0.717, 1.165) is 12.8 Å². The molecule has 0 aliphatic carbocycles. The first-order valence-corrected chi connectivity index (χ1v) is 9.04. The number of carbonyl (C=O) groups excluding carboxylic acids is 3. The van der Waals surface area contributed by atoms with Gasteiger partial charge in [0.2, 0.25) is 5.91 Å².